The summed E-state index contributed by atoms with van der Waals surface area (Å²) in [5.74, 6) is 0.0213. The fraction of sp³-hybridized carbons (Fsp3) is 0.421. The minimum absolute atomic E-state index is 0.00718. The number of fused-ring (bicyclic) bond motifs is 3. The van der Waals surface area contributed by atoms with E-state index in [9.17, 15) is 9.59 Å². The highest BCUT2D eigenvalue weighted by Gasteiger charge is 2.32. The third kappa shape index (κ3) is 2.81. The average molecular weight is 349 g/mol. The van der Waals surface area contributed by atoms with Crippen LogP contribution in [0.3, 0.4) is 0 Å². The van der Waals surface area contributed by atoms with Crippen molar-refractivity contribution in [2.75, 3.05) is 11.4 Å². The third-order valence-electron chi connectivity index (χ3n) is 5.15. The molecule has 0 N–H and O–H groups in total. The molecule has 2 radical (unpaired) electrons. The van der Waals surface area contributed by atoms with Gasteiger partial charge in [0.15, 0.2) is 0 Å². The molecule has 0 saturated heterocycles. The van der Waals surface area contributed by atoms with Gasteiger partial charge in [-0.05, 0) is 25.3 Å². The Hall–Kier alpha value is -2.57. The largest absolute Gasteiger partial charge is 0.461 e. The molecule has 26 heavy (non-hydrogen) atoms. The Morgan fingerprint density at radius 2 is 2.15 bits per heavy atom. The maximum atomic E-state index is 13.2. The smallest absolute Gasteiger partial charge is 0.302 e. The number of anilines is 1. The Kier molecular flexibility index (Phi) is 4.30. The standard InChI is InChI=1S/C19H20BN3O3/c1-12(24)26-11-15-16(20)5-7-21-18(15)23-9-6-17-14(19(23)25)10-13-4-2-3-8-22(13)17/h5,7,10H,2-4,6,8-9,11H2,1H3. The number of carbonyl (C=O) groups excluding carboxylic acids is 2. The van der Waals surface area contributed by atoms with Gasteiger partial charge in [-0.2, -0.15) is 0 Å². The molecule has 0 spiro atoms. The van der Waals surface area contributed by atoms with Crippen LogP contribution in [0.1, 0.15) is 47.1 Å². The number of esters is 1. The van der Waals surface area contributed by atoms with Crippen LogP contribution >= 0.6 is 0 Å². The normalized spacial score (nSPS) is 16.2. The van der Waals surface area contributed by atoms with Gasteiger partial charge in [0.05, 0.1) is 5.56 Å². The first-order valence-electron chi connectivity index (χ1n) is 8.96. The predicted octanol–water partition coefficient (Wildman–Crippen LogP) is 1.28. The number of nitrogens with zero attached hydrogens (tertiary/aromatic N) is 3. The molecular formula is C19H20BN3O3. The molecular weight excluding hydrogens is 329 g/mol. The summed E-state index contributed by atoms with van der Waals surface area (Å²) < 4.78 is 7.42. The van der Waals surface area contributed by atoms with Crippen LogP contribution in [0, 0.1) is 0 Å². The van der Waals surface area contributed by atoms with Crippen molar-refractivity contribution in [3.8, 4) is 0 Å². The van der Waals surface area contributed by atoms with Gasteiger partial charge >= 0.3 is 5.97 Å². The Morgan fingerprint density at radius 3 is 2.96 bits per heavy atom. The molecule has 0 unspecified atom stereocenters. The second-order valence-electron chi connectivity index (χ2n) is 6.79. The summed E-state index contributed by atoms with van der Waals surface area (Å²) >= 11 is 0. The Bertz CT molecular complexity index is 890. The van der Waals surface area contributed by atoms with Gasteiger partial charge in [-0.25, -0.2) is 4.98 Å². The molecule has 0 aliphatic carbocycles. The summed E-state index contributed by atoms with van der Waals surface area (Å²) in [6, 6.07) is 3.68. The van der Waals surface area contributed by atoms with Gasteiger partial charge in [-0.3, -0.25) is 14.5 Å². The number of aromatic nitrogens is 2. The highest BCUT2D eigenvalue weighted by molar-refractivity contribution is 6.33. The highest BCUT2D eigenvalue weighted by atomic mass is 16.5. The van der Waals surface area contributed by atoms with E-state index in [0.717, 1.165) is 37.1 Å². The number of pyridine rings is 1. The first-order valence-corrected chi connectivity index (χ1v) is 8.96. The molecule has 7 heteroatoms. The topological polar surface area (TPSA) is 64.4 Å². The number of carbonyl (C=O) groups is 2. The number of aryl methyl sites for hydroxylation is 1. The Labute approximate surface area is 153 Å². The zero-order valence-corrected chi connectivity index (χ0v) is 14.8. The van der Waals surface area contributed by atoms with E-state index in [2.05, 4.69) is 9.55 Å². The SMILES string of the molecule is [B]c1ccnc(N2CCc3c(cc4n3CCCC4)C2=O)c1COC(C)=O. The lowest BCUT2D eigenvalue weighted by molar-refractivity contribution is -0.142. The number of rotatable bonds is 3. The molecule has 0 saturated carbocycles. The molecule has 0 fully saturated rings. The summed E-state index contributed by atoms with van der Waals surface area (Å²) in [4.78, 5) is 30.4. The van der Waals surface area contributed by atoms with E-state index in [0.29, 0.717) is 23.4 Å². The van der Waals surface area contributed by atoms with Crippen molar-refractivity contribution in [3.05, 3.63) is 40.8 Å². The number of hydrogen-bond donors (Lipinski definition) is 0. The van der Waals surface area contributed by atoms with E-state index in [-0.39, 0.29) is 12.5 Å². The lowest BCUT2D eigenvalue weighted by Gasteiger charge is -2.29. The summed E-state index contributed by atoms with van der Waals surface area (Å²) in [5.41, 5.74) is 4.17. The van der Waals surface area contributed by atoms with Crippen LogP contribution in [0.4, 0.5) is 5.82 Å². The van der Waals surface area contributed by atoms with Crippen LogP contribution in [-0.2, 0) is 35.5 Å². The molecule has 2 aromatic rings. The maximum absolute atomic E-state index is 13.2. The number of amides is 1. The monoisotopic (exact) mass is 349 g/mol. The van der Waals surface area contributed by atoms with Crippen molar-refractivity contribution in [2.45, 2.75) is 45.8 Å². The second-order valence-corrected chi connectivity index (χ2v) is 6.79. The van der Waals surface area contributed by atoms with E-state index in [1.54, 1.807) is 17.2 Å². The second kappa shape index (κ2) is 6.63. The van der Waals surface area contributed by atoms with E-state index in [4.69, 9.17) is 12.6 Å². The van der Waals surface area contributed by atoms with Crippen LogP contribution in [0.15, 0.2) is 18.3 Å². The molecule has 4 heterocycles. The molecule has 0 aromatic carbocycles. The highest BCUT2D eigenvalue weighted by Crippen LogP contribution is 2.30. The average Bonchev–Trinajstić information content (AvgIpc) is 3.01. The lowest BCUT2D eigenvalue weighted by atomic mass is 9.91. The van der Waals surface area contributed by atoms with Crippen molar-refractivity contribution in [1.82, 2.24) is 9.55 Å². The van der Waals surface area contributed by atoms with Crippen molar-refractivity contribution in [3.63, 3.8) is 0 Å². The predicted molar refractivity (Wildman–Crippen MR) is 97.8 cm³/mol. The van der Waals surface area contributed by atoms with E-state index < -0.39 is 5.97 Å². The van der Waals surface area contributed by atoms with Crippen LogP contribution in [0.5, 0.6) is 0 Å². The lowest BCUT2D eigenvalue weighted by Crippen LogP contribution is -2.40. The molecule has 2 aliphatic rings. The zero-order valence-electron chi connectivity index (χ0n) is 14.8. The van der Waals surface area contributed by atoms with E-state index in [1.807, 2.05) is 6.07 Å². The quantitative estimate of drug-likeness (QED) is 0.619. The zero-order chi connectivity index (χ0) is 18.3. The minimum atomic E-state index is -0.397. The van der Waals surface area contributed by atoms with Gasteiger partial charge in [0.1, 0.15) is 20.3 Å². The van der Waals surface area contributed by atoms with E-state index >= 15 is 0 Å². The molecule has 0 bridgehead atoms. The molecule has 2 aliphatic heterocycles. The molecule has 6 nitrogen and oxygen atoms in total. The van der Waals surface area contributed by atoms with Gasteiger partial charge in [0.25, 0.3) is 5.91 Å². The van der Waals surface area contributed by atoms with E-state index in [1.165, 1.54) is 19.0 Å². The summed E-state index contributed by atoms with van der Waals surface area (Å²) in [7, 11) is 6.06. The summed E-state index contributed by atoms with van der Waals surface area (Å²) in [6.45, 7) is 2.88. The molecule has 4 rings (SSSR count). The first kappa shape index (κ1) is 16.9. The molecule has 1 amide bonds. The fourth-order valence-corrected chi connectivity index (χ4v) is 3.88. The first-order chi connectivity index (χ1) is 12.6. The number of hydrogen-bond acceptors (Lipinski definition) is 4. The van der Waals surface area contributed by atoms with Crippen LogP contribution in [-0.4, -0.2) is 35.8 Å². The van der Waals surface area contributed by atoms with Gasteiger partial charge in [0, 0.05) is 49.6 Å². The Balaban J connectivity index is 1.70. The third-order valence-corrected chi connectivity index (χ3v) is 5.15. The minimum Gasteiger partial charge on any atom is -0.461 e. The Morgan fingerprint density at radius 1 is 1.31 bits per heavy atom. The van der Waals surface area contributed by atoms with Gasteiger partial charge in [-0.15, -0.1) is 0 Å². The fourth-order valence-electron chi connectivity index (χ4n) is 3.88. The van der Waals surface area contributed by atoms with Crippen molar-refractivity contribution < 1.29 is 14.3 Å². The van der Waals surface area contributed by atoms with Crippen molar-refractivity contribution in [2.24, 2.45) is 0 Å². The summed E-state index contributed by atoms with van der Waals surface area (Å²) in [5, 5.41) is 0. The van der Waals surface area contributed by atoms with Gasteiger partial charge in [-0.1, -0.05) is 11.5 Å². The molecule has 0 atom stereocenters. The van der Waals surface area contributed by atoms with Crippen LogP contribution in [0.2, 0.25) is 0 Å². The number of ether oxygens (including phenoxy) is 1. The van der Waals surface area contributed by atoms with Crippen LogP contribution < -0.4 is 10.4 Å². The molecule has 132 valence electrons. The summed E-state index contributed by atoms with van der Waals surface area (Å²) in [6.07, 6.45) is 5.72. The van der Waals surface area contributed by atoms with Gasteiger partial charge in [0.2, 0.25) is 0 Å². The maximum Gasteiger partial charge on any atom is 0.302 e. The van der Waals surface area contributed by atoms with Crippen molar-refractivity contribution >= 4 is 31.0 Å². The van der Waals surface area contributed by atoms with Crippen molar-refractivity contribution in [1.29, 1.82) is 0 Å². The van der Waals surface area contributed by atoms with Crippen LogP contribution in [0.25, 0.3) is 0 Å². The van der Waals surface area contributed by atoms with Gasteiger partial charge < -0.3 is 9.30 Å². The molecule has 2 aromatic heterocycles.